The first-order valence-corrected chi connectivity index (χ1v) is 32.1. The molecule has 0 heterocycles. The molecule has 8 aliphatic carbocycles. The predicted molar refractivity (Wildman–Crippen MR) is 321 cm³/mol. The van der Waals surface area contributed by atoms with Crippen LogP contribution in [0.15, 0.2) is 71.8 Å². The quantitative estimate of drug-likeness (QED) is 0.0452. The van der Waals surface area contributed by atoms with Crippen LogP contribution in [-0.2, 0) is 4.74 Å². The SMILES string of the molecule is CC(C)CCC[C@@H](C)[C@H]1CC[C@H]2[C@@H]3CC=C4CC(O)CC[C@]4(C)[C@H]3CC[C@]12C.CC(C)CCC[C@@H](C)[C@H]1CC[C@H]2[C@@H]3CC=C4CC(OC(=O)Oc5ccc([N+](=O)[O-])cc5)CC[C@]4(C)[C@H]3CC[C@]12C.O=C(Cl)Oc1ccc([N+](=O)[O-])cc1. The molecule has 0 aliphatic heterocycles. The summed E-state index contributed by atoms with van der Waals surface area (Å²) in [6.07, 6.45) is 32.2. The number of hydrogen-bond acceptors (Lipinski definition) is 10. The van der Waals surface area contributed by atoms with E-state index in [-0.39, 0.29) is 40.5 Å². The number of carbonyl (C=O) groups excluding carboxylic acids is 2. The average Bonchev–Trinajstić information content (AvgIpc) is 4.23. The fourth-order valence-electron chi connectivity index (χ4n) is 19.0. The number of non-ortho nitro benzene ring substituents is 2. The number of nitro benzene ring substituents is 2. The van der Waals surface area contributed by atoms with Gasteiger partial charge in [0.25, 0.3) is 11.4 Å². The normalized spacial score (nSPS) is 35.2. The van der Waals surface area contributed by atoms with Crippen LogP contribution in [0, 0.1) is 113 Å². The minimum atomic E-state index is -0.978. The first kappa shape index (κ1) is 62.7. The third kappa shape index (κ3) is 14.0. The Morgan fingerprint density at radius 3 is 1.44 bits per heavy atom. The molecule has 448 valence electrons. The van der Waals surface area contributed by atoms with Gasteiger partial charge in [0, 0.05) is 42.3 Å². The van der Waals surface area contributed by atoms with Crippen molar-refractivity contribution < 1.29 is 38.8 Å². The van der Waals surface area contributed by atoms with Gasteiger partial charge in [0.2, 0.25) is 0 Å². The molecule has 10 rings (SSSR count). The Hall–Kier alpha value is -4.29. The van der Waals surface area contributed by atoms with Gasteiger partial charge in [-0.05, 0) is 213 Å². The molecular formula is C68H99ClN2O10. The van der Waals surface area contributed by atoms with Gasteiger partial charge in [-0.1, -0.05) is 131 Å². The van der Waals surface area contributed by atoms with Crippen molar-refractivity contribution in [3.63, 3.8) is 0 Å². The maximum absolute atomic E-state index is 12.5. The lowest BCUT2D eigenvalue weighted by molar-refractivity contribution is -0.385. The van der Waals surface area contributed by atoms with Gasteiger partial charge in [-0.2, -0.15) is 0 Å². The lowest BCUT2D eigenvalue weighted by Crippen LogP contribution is -2.51. The molecule has 6 fully saturated rings. The smallest absolute Gasteiger partial charge is 0.430 e. The van der Waals surface area contributed by atoms with E-state index in [4.69, 9.17) is 21.1 Å². The fraction of sp³-hybridized carbons (Fsp3) is 0.735. The molecule has 8 aliphatic rings. The second-order valence-electron chi connectivity index (χ2n) is 28.7. The summed E-state index contributed by atoms with van der Waals surface area (Å²) >= 11 is 4.92. The molecular weight excluding hydrogens is 1040 g/mol. The molecule has 0 aromatic heterocycles. The van der Waals surface area contributed by atoms with Gasteiger partial charge in [0.1, 0.15) is 17.6 Å². The summed E-state index contributed by atoms with van der Waals surface area (Å²) in [6.45, 7) is 24.9. The predicted octanol–water partition coefficient (Wildman–Crippen LogP) is 19.2. The highest BCUT2D eigenvalue weighted by atomic mass is 35.5. The summed E-state index contributed by atoms with van der Waals surface area (Å²) in [5, 5.41) is 31.3. The van der Waals surface area contributed by atoms with Gasteiger partial charge in [-0.3, -0.25) is 20.2 Å². The van der Waals surface area contributed by atoms with Crippen molar-refractivity contribution in [2.45, 2.75) is 223 Å². The lowest BCUT2D eigenvalue weighted by Gasteiger charge is -2.58. The molecule has 2 unspecified atom stereocenters. The fourth-order valence-corrected chi connectivity index (χ4v) is 19.1. The Balaban J connectivity index is 0.000000181. The molecule has 0 bridgehead atoms. The number of nitro groups is 2. The zero-order chi connectivity index (χ0) is 58.6. The second-order valence-corrected chi connectivity index (χ2v) is 29.0. The molecule has 13 heteroatoms. The number of hydrogen-bond donors (Lipinski definition) is 1. The van der Waals surface area contributed by atoms with Crippen molar-refractivity contribution in [1.82, 2.24) is 0 Å². The average molecular weight is 1140 g/mol. The number of fused-ring (bicyclic) bond motifs is 10. The zero-order valence-corrected chi connectivity index (χ0v) is 51.6. The monoisotopic (exact) mass is 1140 g/mol. The molecule has 0 spiro atoms. The first-order valence-electron chi connectivity index (χ1n) is 31.7. The number of ether oxygens (including phenoxy) is 3. The summed E-state index contributed by atoms with van der Waals surface area (Å²) in [5.74, 6) is 10.7. The number of halogens is 1. The van der Waals surface area contributed by atoms with E-state index < -0.39 is 21.4 Å². The van der Waals surface area contributed by atoms with E-state index in [1.165, 1.54) is 163 Å². The van der Waals surface area contributed by atoms with Crippen LogP contribution in [0.25, 0.3) is 0 Å². The number of allylic oxidation sites excluding steroid dienone is 2. The Morgan fingerprint density at radius 1 is 0.580 bits per heavy atom. The van der Waals surface area contributed by atoms with E-state index in [0.717, 1.165) is 103 Å². The minimum Gasteiger partial charge on any atom is -0.430 e. The van der Waals surface area contributed by atoms with Crippen molar-refractivity contribution in [1.29, 1.82) is 0 Å². The van der Waals surface area contributed by atoms with Gasteiger partial charge >= 0.3 is 11.6 Å². The molecule has 81 heavy (non-hydrogen) atoms. The number of nitrogens with zero attached hydrogens (tertiary/aromatic N) is 2. The van der Waals surface area contributed by atoms with E-state index in [9.17, 15) is 34.9 Å². The molecule has 12 nitrogen and oxygen atoms in total. The first-order chi connectivity index (χ1) is 38.4. The number of benzene rings is 2. The van der Waals surface area contributed by atoms with Crippen molar-refractivity contribution in [3.05, 3.63) is 92.1 Å². The van der Waals surface area contributed by atoms with Crippen LogP contribution in [-0.4, -0.2) is 38.7 Å². The second kappa shape index (κ2) is 26.3. The summed E-state index contributed by atoms with van der Waals surface area (Å²) in [7, 11) is 0. The highest BCUT2D eigenvalue weighted by molar-refractivity contribution is 6.61. The maximum Gasteiger partial charge on any atom is 0.514 e. The molecule has 2 aromatic carbocycles. The van der Waals surface area contributed by atoms with Crippen LogP contribution in [0.5, 0.6) is 11.5 Å². The molecule has 0 amide bonds. The van der Waals surface area contributed by atoms with Crippen molar-refractivity contribution in [2.75, 3.05) is 0 Å². The van der Waals surface area contributed by atoms with Gasteiger partial charge < -0.3 is 19.3 Å². The van der Waals surface area contributed by atoms with Crippen LogP contribution < -0.4 is 9.47 Å². The molecule has 0 saturated heterocycles. The Kier molecular flexibility index (Phi) is 20.4. The third-order valence-electron chi connectivity index (χ3n) is 23.3. The molecule has 2 aromatic rings. The van der Waals surface area contributed by atoms with Crippen molar-refractivity contribution >= 4 is 34.6 Å². The van der Waals surface area contributed by atoms with E-state index in [2.05, 4.69) is 86.1 Å². The van der Waals surface area contributed by atoms with E-state index in [1.54, 1.807) is 5.57 Å². The summed E-state index contributed by atoms with van der Waals surface area (Å²) in [5.41, 5.74) is 3.68. The van der Waals surface area contributed by atoms with Crippen LogP contribution in [0.1, 0.15) is 210 Å². The third-order valence-corrected chi connectivity index (χ3v) is 23.4. The number of rotatable bonds is 15. The van der Waals surface area contributed by atoms with E-state index in [0.29, 0.717) is 16.2 Å². The molecule has 6 saturated carbocycles. The highest BCUT2D eigenvalue weighted by Crippen LogP contribution is 2.69. The van der Waals surface area contributed by atoms with E-state index >= 15 is 0 Å². The van der Waals surface area contributed by atoms with Crippen molar-refractivity contribution in [2.24, 2.45) is 92.7 Å². The lowest BCUT2D eigenvalue weighted by atomic mass is 9.47. The summed E-state index contributed by atoms with van der Waals surface area (Å²) in [4.78, 5) is 42.8. The Morgan fingerprint density at radius 2 is 1.01 bits per heavy atom. The zero-order valence-electron chi connectivity index (χ0n) is 50.8. The number of aliphatic hydroxyl groups excluding tert-OH is 1. The van der Waals surface area contributed by atoms with Crippen LogP contribution >= 0.6 is 11.6 Å². The van der Waals surface area contributed by atoms with Gasteiger partial charge in [-0.15, -0.1) is 0 Å². The minimum absolute atomic E-state index is 0.0397. The number of aliphatic hydroxyl groups is 1. The number of carbonyl (C=O) groups is 2. The standard InChI is InChI=1S/C34H49NO5.C27H46O.C7H4ClNO4/c1-22(2)7-6-8-23(3)29-15-16-30-28-14-9-24-21-27(17-19-33(24,4)31(28)18-20-34(29,30)5)40-32(36)39-26-12-10-25(11-13-26)35(37)38;1-18(2)7-6-8-19(3)23-11-12-24-22-10-9-20-17-21(28)13-15-26(20,4)25(22)14-16-27(23,24)5;8-7(10)13-6-3-1-5(2-4-6)9(11)12/h9-13,22-23,27-31H,6-8,14-21H2,1-5H3;9,18-19,21-25,28H,6-8,10-17H2,1-5H3;1-4H/t23-,27?,28+,29-,30+,31+,33+,34-;19-,21?,22+,23-,24+,25+,26+,27-;/m11./s1. The highest BCUT2D eigenvalue weighted by Gasteiger charge is 2.61. The van der Waals surface area contributed by atoms with E-state index in [1.807, 2.05) is 0 Å². The van der Waals surface area contributed by atoms with Crippen LogP contribution in [0.2, 0.25) is 0 Å². The van der Waals surface area contributed by atoms with Gasteiger partial charge in [0.05, 0.1) is 16.0 Å². The Labute approximate surface area is 490 Å². The summed E-state index contributed by atoms with van der Waals surface area (Å²) in [6, 6.07) is 10.5. The molecule has 1 N–H and O–H groups in total. The largest absolute Gasteiger partial charge is 0.514 e. The summed E-state index contributed by atoms with van der Waals surface area (Å²) < 4.78 is 15.5. The Bertz CT molecular complexity index is 2560. The van der Waals surface area contributed by atoms with Crippen molar-refractivity contribution in [3.8, 4) is 11.5 Å². The molecule has 0 radical (unpaired) electrons. The van der Waals surface area contributed by atoms with Crippen LogP contribution in [0.4, 0.5) is 21.0 Å². The van der Waals surface area contributed by atoms with Crippen LogP contribution in [0.3, 0.4) is 0 Å². The topological polar surface area (TPSA) is 168 Å². The molecule has 16 atom stereocenters. The van der Waals surface area contributed by atoms with Gasteiger partial charge in [-0.25, -0.2) is 9.59 Å². The maximum atomic E-state index is 12.5. The van der Waals surface area contributed by atoms with Gasteiger partial charge in [0.15, 0.2) is 0 Å².